The second-order valence-corrected chi connectivity index (χ2v) is 5.61. The quantitative estimate of drug-likeness (QED) is 0.876. The third-order valence-corrected chi connectivity index (χ3v) is 3.94. The lowest BCUT2D eigenvalue weighted by Crippen LogP contribution is -2.33. The van der Waals surface area contributed by atoms with Crippen molar-refractivity contribution in [3.8, 4) is 0 Å². The number of hydrogen-bond donors (Lipinski definition) is 2. The molecule has 3 rings (SSSR count). The lowest BCUT2D eigenvalue weighted by atomic mass is 10.0. The Kier molecular flexibility index (Phi) is 3.81. The van der Waals surface area contributed by atoms with E-state index < -0.39 is 0 Å². The van der Waals surface area contributed by atoms with Crippen LogP contribution in [0.4, 0.5) is 0 Å². The van der Waals surface area contributed by atoms with Gasteiger partial charge in [-0.3, -0.25) is 0 Å². The summed E-state index contributed by atoms with van der Waals surface area (Å²) in [7, 11) is 0. The fraction of sp³-hybridized carbons (Fsp3) is 0.412. The van der Waals surface area contributed by atoms with Crippen LogP contribution in [0.25, 0.3) is 10.8 Å². The molecule has 1 saturated heterocycles. The topological polar surface area (TPSA) is 24.1 Å². The van der Waals surface area contributed by atoms with Crippen LogP contribution in [0.5, 0.6) is 0 Å². The lowest BCUT2D eigenvalue weighted by molar-refractivity contribution is 0.536. The number of nitrogens with one attached hydrogen (secondary N) is 2. The first-order valence-electron chi connectivity index (χ1n) is 7.25. The van der Waals surface area contributed by atoms with Crippen LogP contribution in [0.2, 0.25) is 0 Å². The van der Waals surface area contributed by atoms with Gasteiger partial charge in [0.1, 0.15) is 0 Å². The Morgan fingerprint density at radius 1 is 1.16 bits per heavy atom. The van der Waals surface area contributed by atoms with Gasteiger partial charge in [0.15, 0.2) is 0 Å². The van der Waals surface area contributed by atoms with E-state index in [9.17, 15) is 0 Å². The van der Waals surface area contributed by atoms with Crippen molar-refractivity contribution >= 4 is 10.8 Å². The van der Waals surface area contributed by atoms with E-state index in [-0.39, 0.29) is 0 Å². The summed E-state index contributed by atoms with van der Waals surface area (Å²) in [6.45, 7) is 5.36. The molecule has 2 N–H and O–H groups in total. The van der Waals surface area contributed by atoms with E-state index in [0.29, 0.717) is 6.04 Å². The van der Waals surface area contributed by atoms with Crippen LogP contribution in [0.15, 0.2) is 36.4 Å². The molecule has 0 aromatic heterocycles. The fourth-order valence-corrected chi connectivity index (χ4v) is 2.85. The van der Waals surface area contributed by atoms with Gasteiger partial charge >= 0.3 is 0 Å². The summed E-state index contributed by atoms with van der Waals surface area (Å²) in [5, 5.41) is 9.74. The highest BCUT2D eigenvalue weighted by Gasteiger charge is 2.12. The molecule has 1 aliphatic rings. The van der Waals surface area contributed by atoms with Crippen LogP contribution in [0.3, 0.4) is 0 Å². The summed E-state index contributed by atoms with van der Waals surface area (Å²) >= 11 is 0. The molecule has 0 radical (unpaired) electrons. The third kappa shape index (κ3) is 3.14. The Morgan fingerprint density at radius 3 is 2.84 bits per heavy atom. The number of fused-ring (bicyclic) bond motifs is 1. The first kappa shape index (κ1) is 12.6. The number of hydrogen-bond acceptors (Lipinski definition) is 2. The molecule has 0 amide bonds. The van der Waals surface area contributed by atoms with Crippen LogP contribution in [0.1, 0.15) is 24.0 Å². The van der Waals surface area contributed by atoms with Gasteiger partial charge in [-0.15, -0.1) is 0 Å². The molecule has 100 valence electrons. The van der Waals surface area contributed by atoms with E-state index in [2.05, 4.69) is 54.0 Å². The van der Waals surface area contributed by atoms with Crippen LogP contribution < -0.4 is 10.6 Å². The van der Waals surface area contributed by atoms with Crippen molar-refractivity contribution in [1.29, 1.82) is 0 Å². The molecule has 1 unspecified atom stereocenters. The zero-order valence-corrected chi connectivity index (χ0v) is 11.6. The first-order chi connectivity index (χ1) is 9.31. The van der Waals surface area contributed by atoms with Gasteiger partial charge in [-0.1, -0.05) is 35.9 Å². The standard InChI is InChI=1S/C17H22N2/c1-13-4-6-16-10-14(5-7-15(16)9-13)11-18-12-17-3-2-8-19-17/h4-7,9-10,17-19H,2-3,8,11-12H2,1H3. The van der Waals surface area contributed by atoms with Crippen molar-refractivity contribution in [3.05, 3.63) is 47.5 Å². The van der Waals surface area contributed by atoms with Crippen molar-refractivity contribution in [2.75, 3.05) is 13.1 Å². The minimum atomic E-state index is 0.670. The molecule has 1 heterocycles. The predicted octanol–water partition coefficient (Wildman–Crippen LogP) is 2.99. The van der Waals surface area contributed by atoms with Gasteiger partial charge < -0.3 is 10.6 Å². The molecule has 1 atom stereocenters. The molecule has 2 aromatic carbocycles. The number of rotatable bonds is 4. The average Bonchev–Trinajstić information content (AvgIpc) is 2.92. The summed E-state index contributed by atoms with van der Waals surface area (Å²) < 4.78 is 0. The van der Waals surface area contributed by atoms with Gasteiger partial charge in [0.2, 0.25) is 0 Å². The Morgan fingerprint density at radius 2 is 2.00 bits per heavy atom. The predicted molar refractivity (Wildman–Crippen MR) is 81.4 cm³/mol. The normalized spacial score (nSPS) is 19.1. The second-order valence-electron chi connectivity index (χ2n) is 5.61. The first-order valence-corrected chi connectivity index (χ1v) is 7.25. The highest BCUT2D eigenvalue weighted by Crippen LogP contribution is 2.17. The van der Waals surface area contributed by atoms with Crippen molar-refractivity contribution in [2.24, 2.45) is 0 Å². The summed E-state index contributed by atoms with van der Waals surface area (Å²) in [6.07, 6.45) is 2.63. The highest BCUT2D eigenvalue weighted by molar-refractivity contribution is 5.83. The fourth-order valence-electron chi connectivity index (χ4n) is 2.85. The van der Waals surface area contributed by atoms with E-state index >= 15 is 0 Å². The van der Waals surface area contributed by atoms with E-state index in [1.54, 1.807) is 0 Å². The largest absolute Gasteiger partial charge is 0.313 e. The van der Waals surface area contributed by atoms with Gasteiger partial charge in [-0.25, -0.2) is 0 Å². The monoisotopic (exact) mass is 254 g/mol. The van der Waals surface area contributed by atoms with Crippen molar-refractivity contribution < 1.29 is 0 Å². The third-order valence-electron chi connectivity index (χ3n) is 3.94. The Labute approximate surface area is 115 Å². The molecule has 0 aliphatic carbocycles. The zero-order valence-electron chi connectivity index (χ0n) is 11.6. The molecule has 2 heteroatoms. The van der Waals surface area contributed by atoms with Gasteiger partial charge in [0.05, 0.1) is 0 Å². The molecule has 0 saturated carbocycles. The zero-order chi connectivity index (χ0) is 13.1. The van der Waals surface area contributed by atoms with Crippen molar-refractivity contribution in [1.82, 2.24) is 10.6 Å². The number of aryl methyl sites for hydroxylation is 1. The highest BCUT2D eigenvalue weighted by atomic mass is 15.0. The van der Waals surface area contributed by atoms with Crippen LogP contribution in [-0.2, 0) is 6.54 Å². The number of benzene rings is 2. The summed E-state index contributed by atoms with van der Waals surface area (Å²) in [6, 6.07) is 14.1. The summed E-state index contributed by atoms with van der Waals surface area (Å²) in [5.41, 5.74) is 2.69. The molecule has 1 fully saturated rings. The smallest absolute Gasteiger partial charge is 0.0206 e. The van der Waals surface area contributed by atoms with Gasteiger partial charge in [-0.2, -0.15) is 0 Å². The Hall–Kier alpha value is -1.38. The van der Waals surface area contributed by atoms with E-state index in [1.165, 1.54) is 41.3 Å². The summed E-state index contributed by atoms with van der Waals surface area (Å²) in [4.78, 5) is 0. The van der Waals surface area contributed by atoms with E-state index in [4.69, 9.17) is 0 Å². The van der Waals surface area contributed by atoms with Gasteiger partial charge in [0, 0.05) is 19.1 Å². The SMILES string of the molecule is Cc1ccc2cc(CNCC3CCCN3)ccc2c1. The molecule has 2 nitrogen and oxygen atoms in total. The Bertz CT molecular complexity index is 556. The van der Waals surface area contributed by atoms with E-state index in [1.807, 2.05) is 0 Å². The minimum Gasteiger partial charge on any atom is -0.313 e. The minimum absolute atomic E-state index is 0.670. The maximum absolute atomic E-state index is 3.56. The van der Waals surface area contributed by atoms with Crippen molar-refractivity contribution in [3.63, 3.8) is 0 Å². The maximum atomic E-state index is 3.56. The molecule has 0 spiro atoms. The maximum Gasteiger partial charge on any atom is 0.0206 e. The molecule has 19 heavy (non-hydrogen) atoms. The lowest BCUT2D eigenvalue weighted by Gasteiger charge is -2.11. The average molecular weight is 254 g/mol. The molecule has 0 bridgehead atoms. The van der Waals surface area contributed by atoms with Crippen molar-refractivity contribution in [2.45, 2.75) is 32.4 Å². The molecule has 2 aromatic rings. The van der Waals surface area contributed by atoms with Crippen LogP contribution >= 0.6 is 0 Å². The molecule has 1 aliphatic heterocycles. The summed E-state index contributed by atoms with van der Waals surface area (Å²) in [5.74, 6) is 0. The molecular weight excluding hydrogens is 232 g/mol. The van der Waals surface area contributed by atoms with E-state index in [0.717, 1.165) is 13.1 Å². The molecular formula is C17H22N2. The van der Waals surface area contributed by atoms with Crippen LogP contribution in [-0.4, -0.2) is 19.1 Å². The van der Waals surface area contributed by atoms with Gasteiger partial charge in [-0.05, 0) is 48.7 Å². The Balaban J connectivity index is 1.62. The second kappa shape index (κ2) is 5.72. The van der Waals surface area contributed by atoms with Crippen LogP contribution in [0, 0.1) is 6.92 Å². The van der Waals surface area contributed by atoms with Gasteiger partial charge in [0.25, 0.3) is 0 Å².